The number of nitrogens with one attached hydrogen (secondary N) is 2. The van der Waals surface area contributed by atoms with E-state index in [0.717, 1.165) is 0 Å². The van der Waals surface area contributed by atoms with Crippen LogP contribution in [0.1, 0.15) is 11.1 Å². The van der Waals surface area contributed by atoms with E-state index in [-0.39, 0.29) is 0 Å². The number of carbonyl (C=O) groups is 1. The molecule has 0 fully saturated rings. The van der Waals surface area contributed by atoms with Gasteiger partial charge in [0, 0.05) is 11.1 Å². The highest BCUT2D eigenvalue weighted by molar-refractivity contribution is 5.87. The lowest BCUT2D eigenvalue weighted by atomic mass is 10.2. The van der Waals surface area contributed by atoms with Crippen LogP contribution in [-0.2, 0) is 0 Å². The molecule has 2 aromatic rings. The zero-order chi connectivity index (χ0) is 20.4. The van der Waals surface area contributed by atoms with Gasteiger partial charge in [-0.05, 0) is 24.3 Å². The molecule has 0 aromatic heterocycles. The van der Waals surface area contributed by atoms with Crippen LogP contribution in [0.4, 0.5) is 4.79 Å². The fourth-order valence-electron chi connectivity index (χ4n) is 2.37. The van der Waals surface area contributed by atoms with Gasteiger partial charge in [-0.2, -0.15) is 10.2 Å². The van der Waals surface area contributed by atoms with Crippen molar-refractivity contribution >= 4 is 18.5 Å². The molecule has 2 rings (SSSR count). The normalized spacial score (nSPS) is 10.7. The van der Waals surface area contributed by atoms with Crippen LogP contribution >= 0.6 is 0 Å². The molecule has 0 saturated heterocycles. The van der Waals surface area contributed by atoms with Crippen LogP contribution in [-0.4, -0.2) is 46.9 Å². The van der Waals surface area contributed by atoms with Crippen molar-refractivity contribution in [2.45, 2.75) is 0 Å². The van der Waals surface area contributed by atoms with E-state index in [2.05, 4.69) is 21.1 Å². The maximum Gasteiger partial charge on any atom is 0.355 e. The predicted molar refractivity (Wildman–Crippen MR) is 106 cm³/mol. The molecule has 9 heteroatoms. The van der Waals surface area contributed by atoms with Gasteiger partial charge in [-0.15, -0.1) is 0 Å². The Kier molecular flexibility index (Phi) is 7.64. The third-order valence-corrected chi connectivity index (χ3v) is 3.61. The van der Waals surface area contributed by atoms with Crippen LogP contribution in [0, 0.1) is 0 Å². The standard InChI is InChI=1S/C19H22N4O5/c1-25-15-9-5-7-13(17(15)27-3)11-20-22-19(24)23-21-12-14-8-6-10-16(26-2)18(14)28-4/h5-12H,1-4H3,(H2,22,23,24)/b20-11+,21-12?. The van der Waals surface area contributed by atoms with Crippen molar-refractivity contribution in [2.24, 2.45) is 10.2 Å². The summed E-state index contributed by atoms with van der Waals surface area (Å²) in [5, 5.41) is 7.74. The summed E-state index contributed by atoms with van der Waals surface area (Å²) >= 11 is 0. The van der Waals surface area contributed by atoms with Crippen molar-refractivity contribution in [3.8, 4) is 23.0 Å². The summed E-state index contributed by atoms with van der Waals surface area (Å²) in [6, 6.07) is 10.0. The monoisotopic (exact) mass is 386 g/mol. The average molecular weight is 386 g/mol. The molecule has 0 aliphatic heterocycles. The number of urea groups is 1. The average Bonchev–Trinajstić information content (AvgIpc) is 2.73. The van der Waals surface area contributed by atoms with E-state index in [1.807, 2.05) is 0 Å². The fourth-order valence-corrected chi connectivity index (χ4v) is 2.37. The third-order valence-electron chi connectivity index (χ3n) is 3.61. The van der Waals surface area contributed by atoms with Gasteiger partial charge in [-0.3, -0.25) is 0 Å². The van der Waals surface area contributed by atoms with E-state index < -0.39 is 6.03 Å². The number of hydrogen-bond acceptors (Lipinski definition) is 7. The van der Waals surface area contributed by atoms with Crippen LogP contribution in [0.5, 0.6) is 23.0 Å². The summed E-state index contributed by atoms with van der Waals surface area (Å²) < 4.78 is 21.0. The van der Waals surface area contributed by atoms with Crippen LogP contribution in [0.3, 0.4) is 0 Å². The molecule has 0 aliphatic rings. The molecule has 0 atom stereocenters. The van der Waals surface area contributed by atoms with E-state index in [4.69, 9.17) is 18.9 Å². The SMILES string of the molecule is COc1cccc(C=NNC(=O)N/N=C/c2cccc(OC)c2OC)c1OC. The van der Waals surface area contributed by atoms with Crippen molar-refractivity contribution in [3.63, 3.8) is 0 Å². The van der Waals surface area contributed by atoms with Gasteiger partial charge >= 0.3 is 6.03 Å². The maximum atomic E-state index is 11.8. The Morgan fingerprint density at radius 2 is 1.18 bits per heavy atom. The smallest absolute Gasteiger partial charge is 0.355 e. The van der Waals surface area contributed by atoms with Gasteiger partial charge in [-0.25, -0.2) is 15.6 Å². The van der Waals surface area contributed by atoms with E-state index >= 15 is 0 Å². The minimum atomic E-state index is -0.615. The molecule has 0 heterocycles. The molecular formula is C19H22N4O5. The summed E-state index contributed by atoms with van der Waals surface area (Å²) in [6.45, 7) is 0. The second-order valence-corrected chi connectivity index (χ2v) is 5.23. The maximum absolute atomic E-state index is 11.8. The number of nitrogens with zero attached hydrogens (tertiary/aromatic N) is 2. The first-order valence-electron chi connectivity index (χ1n) is 8.18. The highest BCUT2D eigenvalue weighted by Gasteiger charge is 2.08. The van der Waals surface area contributed by atoms with Gasteiger partial charge < -0.3 is 18.9 Å². The van der Waals surface area contributed by atoms with Crippen LogP contribution in [0.2, 0.25) is 0 Å². The molecular weight excluding hydrogens is 364 g/mol. The topological polar surface area (TPSA) is 103 Å². The van der Waals surface area contributed by atoms with Crippen molar-refractivity contribution in [3.05, 3.63) is 47.5 Å². The molecule has 0 saturated carbocycles. The first-order chi connectivity index (χ1) is 13.6. The summed E-state index contributed by atoms with van der Waals surface area (Å²) in [4.78, 5) is 11.8. The molecule has 28 heavy (non-hydrogen) atoms. The second-order valence-electron chi connectivity index (χ2n) is 5.23. The van der Waals surface area contributed by atoms with E-state index in [1.165, 1.54) is 26.6 Å². The predicted octanol–water partition coefficient (Wildman–Crippen LogP) is 2.39. The summed E-state index contributed by atoms with van der Waals surface area (Å²) in [5.74, 6) is 2.15. The van der Waals surface area contributed by atoms with Crippen LogP contribution in [0.25, 0.3) is 0 Å². The second kappa shape index (κ2) is 10.4. The number of carbonyl (C=O) groups excluding carboxylic acids is 1. The van der Waals surface area contributed by atoms with Crippen molar-refractivity contribution in [2.75, 3.05) is 28.4 Å². The number of hydrogen-bond donors (Lipinski definition) is 2. The van der Waals surface area contributed by atoms with Gasteiger partial charge in [0.1, 0.15) is 0 Å². The Bertz CT molecular complexity index is 798. The molecule has 9 nitrogen and oxygen atoms in total. The van der Waals surface area contributed by atoms with Crippen LogP contribution in [0.15, 0.2) is 46.6 Å². The Hall–Kier alpha value is -3.75. The number of benzene rings is 2. The largest absolute Gasteiger partial charge is 0.493 e. The number of rotatable bonds is 8. The molecule has 2 amide bonds. The Morgan fingerprint density at radius 3 is 1.54 bits per heavy atom. The van der Waals surface area contributed by atoms with Gasteiger partial charge in [0.2, 0.25) is 0 Å². The fraction of sp³-hybridized carbons (Fsp3) is 0.211. The highest BCUT2D eigenvalue weighted by atomic mass is 16.5. The minimum absolute atomic E-state index is 0.513. The van der Waals surface area contributed by atoms with Crippen LogP contribution < -0.4 is 29.8 Å². The summed E-state index contributed by atoms with van der Waals surface area (Å²) in [6.07, 6.45) is 2.88. The van der Waals surface area contributed by atoms with Gasteiger partial charge in [0.05, 0.1) is 40.9 Å². The third kappa shape index (κ3) is 5.13. The molecule has 2 N–H and O–H groups in total. The van der Waals surface area contributed by atoms with Gasteiger partial charge in [-0.1, -0.05) is 12.1 Å². The Balaban J connectivity index is 1.97. The molecule has 148 valence electrons. The van der Waals surface area contributed by atoms with Crippen molar-refractivity contribution < 1.29 is 23.7 Å². The first kappa shape index (κ1) is 20.6. The lowest BCUT2D eigenvalue weighted by molar-refractivity contribution is 0.242. The lowest BCUT2D eigenvalue weighted by Gasteiger charge is -2.09. The van der Waals surface area contributed by atoms with E-state index in [0.29, 0.717) is 34.1 Å². The molecule has 0 aliphatic carbocycles. The number of amides is 2. The summed E-state index contributed by atoms with van der Waals surface area (Å²) in [7, 11) is 6.13. The highest BCUT2D eigenvalue weighted by Crippen LogP contribution is 2.30. The molecule has 2 aromatic carbocycles. The quantitative estimate of drug-likeness (QED) is 0.536. The molecule has 0 radical (unpaired) electrons. The Labute approximate surface area is 162 Å². The number of methoxy groups -OCH3 is 4. The summed E-state index contributed by atoms with van der Waals surface area (Å²) in [5.41, 5.74) is 5.91. The van der Waals surface area contributed by atoms with Crippen molar-refractivity contribution in [1.29, 1.82) is 0 Å². The number of ether oxygens (including phenoxy) is 4. The molecule has 0 bridgehead atoms. The zero-order valence-corrected chi connectivity index (χ0v) is 16.1. The number of para-hydroxylation sites is 2. The first-order valence-corrected chi connectivity index (χ1v) is 8.18. The minimum Gasteiger partial charge on any atom is -0.493 e. The van der Waals surface area contributed by atoms with E-state index in [9.17, 15) is 4.79 Å². The lowest BCUT2D eigenvalue weighted by Crippen LogP contribution is -2.28. The number of hydrazone groups is 2. The van der Waals surface area contributed by atoms with E-state index in [1.54, 1.807) is 50.6 Å². The van der Waals surface area contributed by atoms with Gasteiger partial charge in [0.25, 0.3) is 0 Å². The van der Waals surface area contributed by atoms with Gasteiger partial charge in [0.15, 0.2) is 23.0 Å². The zero-order valence-electron chi connectivity index (χ0n) is 16.1. The van der Waals surface area contributed by atoms with Crippen molar-refractivity contribution in [1.82, 2.24) is 10.9 Å². The molecule has 0 unspecified atom stereocenters. The Morgan fingerprint density at radius 1 is 0.750 bits per heavy atom. The molecule has 0 spiro atoms.